The van der Waals surface area contributed by atoms with Crippen LogP contribution in [0.3, 0.4) is 0 Å². The minimum absolute atomic E-state index is 0.0886. The van der Waals surface area contributed by atoms with Crippen LogP contribution >= 0.6 is 11.6 Å². The SMILES string of the molecule is CCCCCc1c(Cl)n(Cc2ccccc2)c(=O)n1Cc1ccc(-c2ncccc2-c2nnn[nH]2)cc1. The Bertz CT molecular complexity index is 1510. The van der Waals surface area contributed by atoms with Crippen molar-refractivity contribution in [1.82, 2.24) is 34.7 Å². The number of rotatable bonds is 10. The van der Waals surface area contributed by atoms with Crippen molar-refractivity contribution in [2.75, 3.05) is 0 Å². The van der Waals surface area contributed by atoms with Gasteiger partial charge in [0.2, 0.25) is 0 Å². The second-order valence-corrected chi connectivity index (χ2v) is 9.34. The minimum atomic E-state index is -0.0886. The number of aromatic amines is 1. The molecule has 3 heterocycles. The van der Waals surface area contributed by atoms with Crippen LogP contribution in [-0.4, -0.2) is 34.7 Å². The van der Waals surface area contributed by atoms with E-state index in [0.717, 1.165) is 59.3 Å². The molecule has 0 aliphatic heterocycles. The van der Waals surface area contributed by atoms with E-state index in [1.807, 2.05) is 71.3 Å². The quantitative estimate of drug-likeness (QED) is 0.253. The van der Waals surface area contributed by atoms with Gasteiger partial charge in [0.25, 0.3) is 0 Å². The fourth-order valence-corrected chi connectivity index (χ4v) is 4.84. The van der Waals surface area contributed by atoms with Crippen molar-refractivity contribution in [3.8, 4) is 22.6 Å². The lowest BCUT2D eigenvalue weighted by atomic mass is 10.0. The molecule has 1 N–H and O–H groups in total. The molecule has 3 aromatic heterocycles. The number of halogens is 1. The maximum atomic E-state index is 13.5. The van der Waals surface area contributed by atoms with Gasteiger partial charge in [0, 0.05) is 17.3 Å². The molecule has 37 heavy (non-hydrogen) atoms. The highest BCUT2D eigenvalue weighted by Crippen LogP contribution is 2.28. The zero-order valence-corrected chi connectivity index (χ0v) is 21.4. The fraction of sp³-hybridized carbons (Fsp3) is 0.250. The number of benzene rings is 2. The molecule has 0 atom stereocenters. The predicted molar refractivity (Wildman–Crippen MR) is 144 cm³/mol. The molecule has 0 spiro atoms. The van der Waals surface area contributed by atoms with Gasteiger partial charge in [-0.2, -0.15) is 0 Å². The number of H-pyrrole nitrogens is 1. The molecule has 8 nitrogen and oxygen atoms in total. The van der Waals surface area contributed by atoms with Crippen LogP contribution in [0.15, 0.2) is 77.7 Å². The molecule has 0 saturated carbocycles. The molecule has 0 aliphatic carbocycles. The van der Waals surface area contributed by atoms with Gasteiger partial charge in [0.05, 0.1) is 24.5 Å². The Labute approximate surface area is 220 Å². The van der Waals surface area contributed by atoms with Gasteiger partial charge in [0.1, 0.15) is 5.15 Å². The Morgan fingerprint density at radius 3 is 2.38 bits per heavy atom. The molecule has 0 unspecified atom stereocenters. The molecule has 0 aliphatic rings. The summed E-state index contributed by atoms with van der Waals surface area (Å²) in [5, 5.41) is 14.7. The summed E-state index contributed by atoms with van der Waals surface area (Å²) < 4.78 is 3.50. The minimum Gasteiger partial charge on any atom is -0.290 e. The van der Waals surface area contributed by atoms with Crippen LogP contribution in [0.2, 0.25) is 5.15 Å². The van der Waals surface area contributed by atoms with Gasteiger partial charge in [-0.25, -0.2) is 9.89 Å². The zero-order valence-electron chi connectivity index (χ0n) is 20.6. The molecule has 9 heteroatoms. The number of unbranched alkanes of at least 4 members (excludes halogenated alkanes) is 2. The van der Waals surface area contributed by atoms with E-state index in [1.165, 1.54) is 0 Å². The highest BCUT2D eigenvalue weighted by Gasteiger charge is 2.19. The van der Waals surface area contributed by atoms with Gasteiger partial charge < -0.3 is 0 Å². The highest BCUT2D eigenvalue weighted by atomic mass is 35.5. The maximum Gasteiger partial charge on any atom is 0.330 e. The van der Waals surface area contributed by atoms with E-state index in [-0.39, 0.29) is 5.69 Å². The summed E-state index contributed by atoms with van der Waals surface area (Å²) in [6.45, 7) is 3.07. The van der Waals surface area contributed by atoms with E-state index >= 15 is 0 Å². The fourth-order valence-electron chi connectivity index (χ4n) is 4.51. The van der Waals surface area contributed by atoms with Crippen molar-refractivity contribution in [3.63, 3.8) is 0 Å². The highest BCUT2D eigenvalue weighted by molar-refractivity contribution is 6.30. The number of nitrogens with zero attached hydrogens (tertiary/aromatic N) is 6. The number of hydrogen-bond donors (Lipinski definition) is 1. The maximum absolute atomic E-state index is 13.5. The topological polar surface area (TPSA) is 94.3 Å². The van der Waals surface area contributed by atoms with Crippen LogP contribution in [0.1, 0.15) is 43.0 Å². The van der Waals surface area contributed by atoms with Gasteiger partial charge in [-0.3, -0.25) is 14.1 Å². The van der Waals surface area contributed by atoms with Crippen LogP contribution in [0.4, 0.5) is 0 Å². The third kappa shape index (κ3) is 5.39. The average Bonchev–Trinajstić information content (AvgIpc) is 3.55. The van der Waals surface area contributed by atoms with Gasteiger partial charge >= 0.3 is 5.69 Å². The summed E-state index contributed by atoms with van der Waals surface area (Å²) in [5.41, 5.74) is 5.39. The Hall–Kier alpha value is -4.04. The summed E-state index contributed by atoms with van der Waals surface area (Å²) in [5.74, 6) is 0.560. The van der Waals surface area contributed by atoms with Crippen molar-refractivity contribution in [2.45, 2.75) is 45.7 Å². The predicted octanol–water partition coefficient (Wildman–Crippen LogP) is 5.37. The van der Waals surface area contributed by atoms with Gasteiger partial charge in [0.15, 0.2) is 5.82 Å². The lowest BCUT2D eigenvalue weighted by Gasteiger charge is -2.10. The van der Waals surface area contributed by atoms with Crippen LogP contribution in [0.5, 0.6) is 0 Å². The first-order valence-corrected chi connectivity index (χ1v) is 12.8. The van der Waals surface area contributed by atoms with Crippen molar-refractivity contribution >= 4 is 11.6 Å². The van der Waals surface area contributed by atoms with Gasteiger partial charge in [-0.15, -0.1) is 5.10 Å². The van der Waals surface area contributed by atoms with Crippen molar-refractivity contribution in [3.05, 3.63) is 105 Å². The zero-order chi connectivity index (χ0) is 25.6. The molecule has 0 saturated heterocycles. The first-order chi connectivity index (χ1) is 18.2. The summed E-state index contributed by atoms with van der Waals surface area (Å²) in [6, 6.07) is 21.8. The standard InChI is InChI=1S/C28H28ClN7O/c1-2-3-5-12-24-26(29)36(19-20-9-6-4-7-10-20)28(37)35(24)18-21-13-15-22(16-14-21)25-23(11-8-17-30-25)27-31-33-34-32-27/h4,6-11,13-17H,2-3,5,12,18-19H2,1H3,(H,31,32,33,34). The smallest absolute Gasteiger partial charge is 0.290 e. The third-order valence-corrected chi connectivity index (χ3v) is 6.86. The monoisotopic (exact) mass is 513 g/mol. The first-order valence-electron chi connectivity index (χ1n) is 12.5. The molecular formula is C28H28ClN7O. The van der Waals surface area contributed by atoms with E-state index in [0.29, 0.717) is 24.1 Å². The lowest BCUT2D eigenvalue weighted by Crippen LogP contribution is -2.26. The Balaban J connectivity index is 1.45. The van der Waals surface area contributed by atoms with Crippen LogP contribution in [0.25, 0.3) is 22.6 Å². The number of aromatic nitrogens is 7. The van der Waals surface area contributed by atoms with E-state index in [1.54, 1.807) is 10.8 Å². The van der Waals surface area contributed by atoms with E-state index in [2.05, 4.69) is 32.5 Å². The summed E-state index contributed by atoms with van der Waals surface area (Å²) >= 11 is 6.82. The average molecular weight is 514 g/mol. The first kappa shape index (κ1) is 24.6. The van der Waals surface area contributed by atoms with Crippen molar-refractivity contribution in [2.24, 2.45) is 0 Å². The van der Waals surface area contributed by atoms with E-state index < -0.39 is 0 Å². The molecule has 0 radical (unpaired) electrons. The molecule has 0 bridgehead atoms. The number of imidazole rings is 1. The van der Waals surface area contributed by atoms with Gasteiger partial charge in [-0.05, 0) is 46.5 Å². The van der Waals surface area contributed by atoms with Crippen LogP contribution in [-0.2, 0) is 19.5 Å². The number of hydrogen-bond acceptors (Lipinski definition) is 5. The molecule has 5 aromatic rings. The molecule has 5 rings (SSSR count). The summed E-state index contributed by atoms with van der Waals surface area (Å²) in [4.78, 5) is 18.1. The molecular weight excluding hydrogens is 486 g/mol. The van der Waals surface area contributed by atoms with Crippen LogP contribution in [0, 0.1) is 0 Å². The van der Waals surface area contributed by atoms with Crippen LogP contribution < -0.4 is 5.69 Å². The molecule has 0 amide bonds. The molecule has 188 valence electrons. The molecule has 2 aromatic carbocycles. The van der Waals surface area contributed by atoms with E-state index in [9.17, 15) is 4.79 Å². The number of pyridine rings is 1. The Kier molecular flexibility index (Phi) is 7.56. The normalized spacial score (nSPS) is 11.2. The van der Waals surface area contributed by atoms with E-state index in [4.69, 9.17) is 11.6 Å². The largest absolute Gasteiger partial charge is 0.330 e. The van der Waals surface area contributed by atoms with Crippen molar-refractivity contribution in [1.29, 1.82) is 0 Å². The Morgan fingerprint density at radius 2 is 1.65 bits per heavy atom. The lowest BCUT2D eigenvalue weighted by molar-refractivity contribution is 0.643. The third-order valence-electron chi connectivity index (χ3n) is 6.44. The summed E-state index contributed by atoms with van der Waals surface area (Å²) in [7, 11) is 0. The Morgan fingerprint density at radius 1 is 0.892 bits per heavy atom. The number of tetrazole rings is 1. The summed E-state index contributed by atoms with van der Waals surface area (Å²) in [6.07, 6.45) is 5.70. The molecule has 0 fully saturated rings. The second kappa shape index (κ2) is 11.3. The van der Waals surface area contributed by atoms with Gasteiger partial charge in [-0.1, -0.05) is 86.0 Å². The number of nitrogens with one attached hydrogen (secondary N) is 1. The second-order valence-electron chi connectivity index (χ2n) is 8.98. The van der Waals surface area contributed by atoms with Crippen molar-refractivity contribution < 1.29 is 0 Å².